The maximum absolute atomic E-state index is 4.71. The van der Waals surface area contributed by atoms with Gasteiger partial charge in [0.1, 0.15) is 6.26 Å². The van der Waals surface area contributed by atoms with E-state index in [-0.39, 0.29) is 0 Å². The summed E-state index contributed by atoms with van der Waals surface area (Å²) in [4.78, 5) is 0. The Morgan fingerprint density at radius 2 is 2.50 bits per heavy atom. The molecular weight excluding hydrogens is 191 g/mol. The summed E-state index contributed by atoms with van der Waals surface area (Å²) in [5, 5.41) is 0. The van der Waals surface area contributed by atoms with E-state index in [9.17, 15) is 0 Å². The molecule has 0 aromatic carbocycles. The van der Waals surface area contributed by atoms with Gasteiger partial charge in [-0.25, -0.2) is 0 Å². The van der Waals surface area contributed by atoms with Crippen LogP contribution in [0.25, 0.3) is 0 Å². The van der Waals surface area contributed by atoms with Gasteiger partial charge in [0.25, 0.3) is 0 Å². The van der Waals surface area contributed by atoms with Gasteiger partial charge in [0, 0.05) is 0 Å². The Bertz CT molecular complexity index is 111. The molecule has 1 nitrogen and oxygen atoms in total. The van der Waals surface area contributed by atoms with Crippen molar-refractivity contribution in [3.63, 3.8) is 0 Å². The number of halogens is 1. The SMILES string of the molecule is Ic1ccoc1. The third-order valence-electron chi connectivity index (χ3n) is 0.486. The van der Waals surface area contributed by atoms with Gasteiger partial charge in [-0.3, -0.25) is 0 Å². The van der Waals surface area contributed by atoms with Crippen molar-refractivity contribution in [1.29, 1.82) is 0 Å². The molecule has 1 rings (SSSR count). The van der Waals surface area contributed by atoms with Crippen LogP contribution in [0.2, 0.25) is 0 Å². The molecule has 0 radical (unpaired) electrons. The van der Waals surface area contributed by atoms with E-state index in [4.69, 9.17) is 4.42 Å². The van der Waals surface area contributed by atoms with Crippen LogP contribution in [-0.2, 0) is 0 Å². The monoisotopic (exact) mass is 194 g/mol. The molecule has 0 atom stereocenters. The van der Waals surface area contributed by atoms with Gasteiger partial charge in [-0.2, -0.15) is 0 Å². The van der Waals surface area contributed by atoms with Crippen molar-refractivity contribution in [2.45, 2.75) is 0 Å². The van der Waals surface area contributed by atoms with Gasteiger partial charge >= 0.3 is 0 Å². The molecule has 0 bridgehead atoms. The van der Waals surface area contributed by atoms with Crippen LogP contribution in [0.15, 0.2) is 23.0 Å². The van der Waals surface area contributed by atoms with Crippen molar-refractivity contribution in [2.75, 3.05) is 0 Å². The Balaban J connectivity index is 3.05. The third-order valence-corrected chi connectivity index (χ3v) is 1.10. The van der Waals surface area contributed by atoms with Crippen LogP contribution in [0, 0.1) is 3.57 Å². The lowest BCUT2D eigenvalue weighted by Gasteiger charge is -1.60. The number of hydrogen-bond acceptors (Lipinski definition) is 1. The minimum atomic E-state index is 1.15. The second kappa shape index (κ2) is 1.64. The fourth-order valence-corrected chi connectivity index (χ4v) is 0.541. The summed E-state index contributed by atoms with van der Waals surface area (Å²) in [6.45, 7) is 0. The summed E-state index contributed by atoms with van der Waals surface area (Å²) in [7, 11) is 0. The zero-order valence-corrected chi connectivity index (χ0v) is 5.18. The molecular formula is C4H3IO. The Hall–Kier alpha value is 0.01000. The Morgan fingerprint density at radius 1 is 1.67 bits per heavy atom. The van der Waals surface area contributed by atoms with Gasteiger partial charge < -0.3 is 4.42 Å². The van der Waals surface area contributed by atoms with Crippen LogP contribution in [0.5, 0.6) is 0 Å². The van der Waals surface area contributed by atoms with Gasteiger partial charge in [-0.05, 0) is 28.7 Å². The van der Waals surface area contributed by atoms with Crippen molar-refractivity contribution < 1.29 is 4.42 Å². The molecule has 0 saturated heterocycles. The number of hydrogen-bond donors (Lipinski definition) is 0. The standard InChI is InChI=1S/C4H3IO/c5-4-1-2-6-3-4/h1-3H. The molecule has 0 saturated carbocycles. The highest BCUT2D eigenvalue weighted by Crippen LogP contribution is 2.01. The minimum absolute atomic E-state index is 1.15. The van der Waals surface area contributed by atoms with E-state index in [1.807, 2.05) is 6.07 Å². The first-order valence-electron chi connectivity index (χ1n) is 1.57. The molecule has 0 amide bonds. The van der Waals surface area contributed by atoms with Crippen LogP contribution in [0.1, 0.15) is 0 Å². The molecule has 0 N–H and O–H groups in total. The quantitative estimate of drug-likeness (QED) is 0.574. The van der Waals surface area contributed by atoms with Crippen LogP contribution in [-0.4, -0.2) is 0 Å². The molecule has 2 heteroatoms. The zero-order valence-electron chi connectivity index (χ0n) is 3.02. The average Bonchev–Trinajstić information content (AvgIpc) is 1.86. The van der Waals surface area contributed by atoms with Gasteiger partial charge in [0.15, 0.2) is 0 Å². The normalized spacial score (nSPS) is 8.83. The lowest BCUT2D eigenvalue weighted by Crippen LogP contribution is -1.44. The predicted octanol–water partition coefficient (Wildman–Crippen LogP) is 1.88. The highest BCUT2D eigenvalue weighted by atomic mass is 127. The summed E-state index contributed by atoms with van der Waals surface area (Å²) in [5.74, 6) is 0. The maximum Gasteiger partial charge on any atom is 0.104 e. The molecule has 1 aromatic heterocycles. The van der Waals surface area contributed by atoms with E-state index >= 15 is 0 Å². The Labute approximate surface area is 49.5 Å². The molecule has 1 heterocycles. The minimum Gasteiger partial charge on any atom is -0.471 e. The van der Waals surface area contributed by atoms with Crippen molar-refractivity contribution in [3.05, 3.63) is 22.2 Å². The Kier molecular flexibility index (Phi) is 1.14. The van der Waals surface area contributed by atoms with Crippen LogP contribution in [0.4, 0.5) is 0 Å². The topological polar surface area (TPSA) is 13.1 Å². The molecule has 6 heavy (non-hydrogen) atoms. The third kappa shape index (κ3) is 0.739. The van der Waals surface area contributed by atoms with Gasteiger partial charge in [0.2, 0.25) is 0 Å². The first-order chi connectivity index (χ1) is 2.89. The summed E-state index contributed by atoms with van der Waals surface area (Å²) >= 11 is 2.18. The van der Waals surface area contributed by atoms with E-state index in [1.165, 1.54) is 0 Å². The molecule has 32 valence electrons. The highest BCUT2D eigenvalue weighted by Gasteiger charge is 1.78. The molecule has 0 unspecified atom stereocenters. The first kappa shape index (κ1) is 4.18. The second-order valence-electron chi connectivity index (χ2n) is 0.942. The fourth-order valence-electron chi connectivity index (χ4n) is 0.248. The van der Waals surface area contributed by atoms with Crippen LogP contribution < -0.4 is 0 Å². The second-order valence-corrected chi connectivity index (χ2v) is 2.19. The summed E-state index contributed by atoms with van der Waals surface area (Å²) in [5.41, 5.74) is 0. The van der Waals surface area contributed by atoms with Crippen molar-refractivity contribution >= 4 is 22.6 Å². The first-order valence-corrected chi connectivity index (χ1v) is 2.65. The summed E-state index contributed by atoms with van der Waals surface area (Å²) in [6, 6.07) is 1.90. The van der Waals surface area contributed by atoms with Gasteiger partial charge in [0.05, 0.1) is 9.83 Å². The summed E-state index contributed by atoms with van der Waals surface area (Å²) < 4.78 is 5.85. The fraction of sp³-hybridized carbons (Fsp3) is 0. The van der Waals surface area contributed by atoms with Crippen molar-refractivity contribution in [1.82, 2.24) is 0 Å². The molecule has 1 aromatic rings. The molecule has 0 aliphatic carbocycles. The van der Waals surface area contributed by atoms with E-state index in [2.05, 4.69) is 22.6 Å². The Morgan fingerprint density at radius 3 is 2.67 bits per heavy atom. The van der Waals surface area contributed by atoms with E-state index in [1.54, 1.807) is 12.5 Å². The lowest BCUT2D eigenvalue weighted by atomic mass is 10.7. The summed E-state index contributed by atoms with van der Waals surface area (Å²) in [6.07, 6.45) is 3.35. The largest absolute Gasteiger partial charge is 0.471 e. The molecule has 0 spiro atoms. The predicted molar refractivity (Wildman–Crippen MR) is 31.4 cm³/mol. The molecule has 0 fully saturated rings. The van der Waals surface area contributed by atoms with E-state index < -0.39 is 0 Å². The van der Waals surface area contributed by atoms with Gasteiger partial charge in [-0.1, -0.05) is 0 Å². The smallest absolute Gasteiger partial charge is 0.104 e. The number of rotatable bonds is 0. The van der Waals surface area contributed by atoms with E-state index in [0.29, 0.717) is 0 Å². The molecule has 0 aliphatic rings. The van der Waals surface area contributed by atoms with Crippen LogP contribution in [0.3, 0.4) is 0 Å². The van der Waals surface area contributed by atoms with Gasteiger partial charge in [-0.15, -0.1) is 0 Å². The van der Waals surface area contributed by atoms with Crippen molar-refractivity contribution in [2.24, 2.45) is 0 Å². The maximum atomic E-state index is 4.71. The highest BCUT2D eigenvalue weighted by molar-refractivity contribution is 14.1. The average molecular weight is 194 g/mol. The van der Waals surface area contributed by atoms with Crippen molar-refractivity contribution in [3.8, 4) is 0 Å². The molecule has 0 aliphatic heterocycles. The number of furan rings is 1. The zero-order chi connectivity index (χ0) is 4.41. The lowest BCUT2D eigenvalue weighted by molar-refractivity contribution is 0.566. The van der Waals surface area contributed by atoms with E-state index in [0.717, 1.165) is 3.57 Å². The van der Waals surface area contributed by atoms with Crippen LogP contribution >= 0.6 is 22.6 Å².